The first kappa shape index (κ1) is 30.1. The van der Waals surface area contributed by atoms with Crippen molar-refractivity contribution in [3.05, 3.63) is 106 Å². The maximum atomic E-state index is 14.3. The van der Waals surface area contributed by atoms with Crippen molar-refractivity contribution in [2.24, 2.45) is 10.9 Å². The van der Waals surface area contributed by atoms with E-state index in [-0.39, 0.29) is 12.5 Å². The normalized spacial score (nSPS) is 20.7. The lowest BCUT2D eigenvalue weighted by atomic mass is 9.83. The molecule has 0 saturated heterocycles. The summed E-state index contributed by atoms with van der Waals surface area (Å²) < 4.78 is 13.3. The smallest absolute Gasteiger partial charge is 0.252 e. The van der Waals surface area contributed by atoms with Gasteiger partial charge in [-0.1, -0.05) is 89.8 Å². The number of halogens is 1. The Kier molecular flexibility index (Phi) is 10.5. The number of aliphatic hydroxyl groups is 1. The van der Waals surface area contributed by atoms with Gasteiger partial charge in [0.2, 0.25) is 5.90 Å². The van der Waals surface area contributed by atoms with Crippen molar-refractivity contribution in [1.29, 1.82) is 0 Å². The third-order valence-corrected chi connectivity index (χ3v) is 8.55. The molecule has 5 rings (SSSR count). The molecule has 1 heterocycles. The van der Waals surface area contributed by atoms with Crippen molar-refractivity contribution >= 4 is 33.8 Å². The van der Waals surface area contributed by atoms with Crippen LogP contribution in [0.2, 0.25) is 0 Å². The third kappa shape index (κ3) is 7.50. The number of carbonyl (C=O) groups is 1. The highest BCUT2D eigenvalue weighted by molar-refractivity contribution is 9.10. The Balaban J connectivity index is 1.49. The molecule has 6 nitrogen and oxygen atoms in total. The van der Waals surface area contributed by atoms with Crippen LogP contribution >= 0.6 is 15.9 Å². The van der Waals surface area contributed by atoms with Crippen LogP contribution in [-0.2, 0) is 9.53 Å². The molecule has 2 N–H and O–H groups in total. The molecule has 42 heavy (non-hydrogen) atoms. The molecular formula is C35H39BrN2O4. The lowest BCUT2D eigenvalue weighted by molar-refractivity contribution is -0.129. The maximum Gasteiger partial charge on any atom is 0.252 e. The molecule has 0 aromatic heterocycles. The minimum atomic E-state index is -1.18. The van der Waals surface area contributed by atoms with Crippen LogP contribution in [-0.4, -0.2) is 42.2 Å². The maximum absolute atomic E-state index is 14.3. The van der Waals surface area contributed by atoms with Gasteiger partial charge >= 0.3 is 0 Å². The molecule has 1 saturated carbocycles. The van der Waals surface area contributed by atoms with Gasteiger partial charge in [-0.15, -0.1) is 0 Å². The minimum Gasteiger partial charge on any atom is -0.494 e. The van der Waals surface area contributed by atoms with Gasteiger partial charge in [0, 0.05) is 36.0 Å². The molecule has 7 heteroatoms. The predicted molar refractivity (Wildman–Crippen MR) is 171 cm³/mol. The Hall–Kier alpha value is -3.42. The average Bonchev–Trinajstić information content (AvgIpc) is 3.42. The number of ether oxygens (including phenoxy) is 2. The summed E-state index contributed by atoms with van der Waals surface area (Å²) in [5, 5.41) is 12.3. The van der Waals surface area contributed by atoms with Crippen LogP contribution in [0.3, 0.4) is 0 Å². The Morgan fingerprint density at radius 3 is 2.48 bits per heavy atom. The molecule has 3 aromatic rings. The molecule has 2 atom stereocenters. The van der Waals surface area contributed by atoms with E-state index in [1.807, 2.05) is 91.0 Å². The van der Waals surface area contributed by atoms with Gasteiger partial charge in [-0.25, -0.2) is 4.99 Å². The number of carbonyl (C=O) groups excluding carboxylic acids is 1. The lowest BCUT2D eigenvalue weighted by Crippen LogP contribution is -2.49. The van der Waals surface area contributed by atoms with Crippen LogP contribution in [0.25, 0.3) is 6.08 Å². The number of nitrogens with zero attached hydrogens (tertiary/aromatic N) is 1. The number of hydrogen-bond acceptors (Lipinski definition) is 5. The first-order chi connectivity index (χ1) is 20.6. The van der Waals surface area contributed by atoms with Gasteiger partial charge in [0.15, 0.2) is 11.6 Å². The monoisotopic (exact) mass is 630 g/mol. The van der Waals surface area contributed by atoms with E-state index in [1.165, 1.54) is 19.3 Å². The van der Waals surface area contributed by atoms with Gasteiger partial charge in [0.25, 0.3) is 5.91 Å². The van der Waals surface area contributed by atoms with Crippen LogP contribution in [0.4, 0.5) is 0 Å². The van der Waals surface area contributed by atoms with Gasteiger partial charge in [0.05, 0.1) is 6.61 Å². The Morgan fingerprint density at radius 2 is 1.76 bits per heavy atom. The zero-order valence-electron chi connectivity index (χ0n) is 23.9. The van der Waals surface area contributed by atoms with Crippen LogP contribution in [0, 0.1) is 5.92 Å². The van der Waals surface area contributed by atoms with E-state index in [9.17, 15) is 4.79 Å². The van der Waals surface area contributed by atoms with E-state index in [4.69, 9.17) is 19.6 Å². The van der Waals surface area contributed by atoms with E-state index in [1.54, 1.807) is 0 Å². The molecule has 0 spiro atoms. The number of aliphatic imine (C=N–C) groups is 1. The zero-order chi connectivity index (χ0) is 29.2. The standard InChI is InChI=1S/C35H39BrN2O4/c36-30-18-14-28(15-19-30)32-35(22-7-13-26-9-3-1-4-10-26,34(40)37-25-27-11-5-2-6-12-27)38-33(42-32)29-16-20-31(21-17-29)41-24-8-23-39/h1,3-4,7,9-10,13-21,27,32,39H,2,5-6,8,11-12,22-25H2,(H,37,40)/b13-7+/t32-,35-/m1/s1. The van der Waals surface area contributed by atoms with E-state index in [0.717, 1.165) is 34.0 Å². The first-order valence-electron chi connectivity index (χ1n) is 14.9. The van der Waals surface area contributed by atoms with Crippen molar-refractivity contribution in [3.63, 3.8) is 0 Å². The molecule has 220 valence electrons. The summed E-state index contributed by atoms with van der Waals surface area (Å²) in [5.74, 6) is 1.52. The van der Waals surface area contributed by atoms with Crippen LogP contribution in [0.1, 0.15) is 67.7 Å². The predicted octanol–water partition coefficient (Wildman–Crippen LogP) is 7.27. The van der Waals surface area contributed by atoms with E-state index >= 15 is 0 Å². The molecule has 1 aliphatic heterocycles. The van der Waals surface area contributed by atoms with Gasteiger partial charge < -0.3 is 19.9 Å². The second-order valence-corrected chi connectivity index (χ2v) is 12.0. The summed E-state index contributed by atoms with van der Waals surface area (Å²) in [4.78, 5) is 19.4. The van der Waals surface area contributed by atoms with Crippen LogP contribution in [0.5, 0.6) is 5.75 Å². The van der Waals surface area contributed by atoms with Crippen LogP contribution < -0.4 is 10.1 Å². The van der Waals surface area contributed by atoms with Crippen molar-refractivity contribution < 1.29 is 19.4 Å². The molecule has 3 aromatic carbocycles. The summed E-state index contributed by atoms with van der Waals surface area (Å²) in [6.45, 7) is 1.18. The largest absolute Gasteiger partial charge is 0.494 e. The molecule has 1 aliphatic carbocycles. The number of amides is 1. The molecular weight excluding hydrogens is 592 g/mol. The fraction of sp³-hybridized carbons (Fsp3) is 0.371. The number of aliphatic hydroxyl groups excluding tert-OH is 1. The molecule has 0 unspecified atom stereocenters. The highest BCUT2D eigenvalue weighted by Crippen LogP contribution is 2.43. The third-order valence-electron chi connectivity index (χ3n) is 8.02. The van der Waals surface area contributed by atoms with Crippen LogP contribution in [0.15, 0.2) is 94.4 Å². The van der Waals surface area contributed by atoms with Crippen molar-refractivity contribution in [1.82, 2.24) is 5.32 Å². The van der Waals surface area contributed by atoms with Gasteiger partial charge in [-0.05, 0) is 66.3 Å². The number of nitrogens with one attached hydrogen (secondary N) is 1. The summed E-state index contributed by atoms with van der Waals surface area (Å²) in [5.41, 5.74) is 1.55. The fourth-order valence-corrected chi connectivity index (χ4v) is 5.94. The Labute approximate surface area is 257 Å². The number of rotatable bonds is 12. The number of benzene rings is 3. The van der Waals surface area contributed by atoms with Crippen molar-refractivity contribution in [3.8, 4) is 5.75 Å². The highest BCUT2D eigenvalue weighted by Gasteiger charge is 2.52. The van der Waals surface area contributed by atoms with Crippen molar-refractivity contribution in [2.75, 3.05) is 19.8 Å². The topological polar surface area (TPSA) is 80.2 Å². The van der Waals surface area contributed by atoms with Gasteiger partial charge in [-0.2, -0.15) is 0 Å². The van der Waals surface area contributed by atoms with Gasteiger partial charge in [0.1, 0.15) is 5.75 Å². The fourth-order valence-electron chi connectivity index (χ4n) is 5.67. The summed E-state index contributed by atoms with van der Waals surface area (Å²) in [6, 6.07) is 25.6. The first-order valence-corrected chi connectivity index (χ1v) is 15.7. The van der Waals surface area contributed by atoms with E-state index in [2.05, 4.69) is 21.2 Å². The second-order valence-electron chi connectivity index (χ2n) is 11.1. The molecule has 2 aliphatic rings. The number of hydrogen-bond donors (Lipinski definition) is 2. The molecule has 1 amide bonds. The summed E-state index contributed by atoms with van der Waals surface area (Å²) in [6.07, 6.45) is 10.4. The zero-order valence-corrected chi connectivity index (χ0v) is 25.5. The Bertz CT molecular complexity index is 1350. The Morgan fingerprint density at radius 1 is 1.02 bits per heavy atom. The summed E-state index contributed by atoms with van der Waals surface area (Å²) in [7, 11) is 0. The quantitative estimate of drug-likeness (QED) is 0.206. The van der Waals surface area contributed by atoms with E-state index < -0.39 is 11.6 Å². The molecule has 0 bridgehead atoms. The SMILES string of the molecule is O=C(NCC1CCCCC1)[C@]1(C/C=C/c2ccccc2)N=C(c2ccc(OCCCO)cc2)O[C@@H]1c1ccc(Br)cc1. The minimum absolute atomic E-state index is 0.0871. The van der Waals surface area contributed by atoms with Gasteiger partial charge in [-0.3, -0.25) is 4.79 Å². The molecule has 1 fully saturated rings. The average molecular weight is 632 g/mol. The highest BCUT2D eigenvalue weighted by atomic mass is 79.9. The molecule has 0 radical (unpaired) electrons. The van der Waals surface area contributed by atoms with Crippen molar-refractivity contribution in [2.45, 2.75) is 56.6 Å². The summed E-state index contributed by atoms with van der Waals surface area (Å²) >= 11 is 3.54. The lowest BCUT2D eigenvalue weighted by Gasteiger charge is -2.31. The van der Waals surface area contributed by atoms with E-state index in [0.29, 0.717) is 43.6 Å². The second kappa shape index (κ2) is 14.7.